The minimum atomic E-state index is -1.69. The molecule has 2 heterocycles. The maximum absolute atomic E-state index is 13.9. The largest absolute Gasteiger partial charge is 0.466 e. The zero-order valence-corrected chi connectivity index (χ0v) is 11.8. The lowest BCUT2D eigenvalue weighted by Crippen LogP contribution is -2.37. The van der Waals surface area contributed by atoms with Crippen LogP contribution < -0.4 is 4.90 Å². The molecule has 0 spiro atoms. The summed E-state index contributed by atoms with van der Waals surface area (Å²) in [5.74, 6) is -7.55. The molecule has 3 unspecified atom stereocenters. The third kappa shape index (κ3) is 2.12. The smallest absolute Gasteiger partial charge is 0.311 e. The number of halogens is 4. The van der Waals surface area contributed by atoms with E-state index in [2.05, 4.69) is 4.98 Å². The molecule has 4 nitrogen and oxygen atoms in total. The lowest BCUT2D eigenvalue weighted by molar-refractivity contribution is -0.148. The number of nitrogens with zero attached hydrogens (tertiary/aromatic N) is 2. The minimum Gasteiger partial charge on any atom is -0.466 e. The van der Waals surface area contributed by atoms with E-state index in [9.17, 15) is 22.4 Å². The molecule has 3 rings (SSSR count). The van der Waals surface area contributed by atoms with Crippen molar-refractivity contribution < 1.29 is 27.1 Å². The summed E-state index contributed by atoms with van der Waals surface area (Å²) in [7, 11) is 0. The molecule has 1 saturated carbocycles. The van der Waals surface area contributed by atoms with Gasteiger partial charge in [0.05, 0.1) is 12.5 Å². The van der Waals surface area contributed by atoms with Crippen molar-refractivity contribution in [1.29, 1.82) is 0 Å². The van der Waals surface area contributed by atoms with E-state index in [0.717, 1.165) is 0 Å². The maximum atomic E-state index is 13.9. The molecule has 2 fully saturated rings. The van der Waals surface area contributed by atoms with Crippen LogP contribution in [0.1, 0.15) is 19.8 Å². The van der Waals surface area contributed by atoms with Gasteiger partial charge in [-0.1, -0.05) is 0 Å². The Morgan fingerprint density at radius 2 is 1.86 bits per heavy atom. The fraction of sp³-hybridized carbons (Fsp3) is 0.571. The molecule has 2 aliphatic rings. The van der Waals surface area contributed by atoms with Gasteiger partial charge in [0.25, 0.3) is 11.9 Å². The average molecular weight is 318 g/mol. The first-order chi connectivity index (χ1) is 10.5. The predicted octanol–water partition coefficient (Wildman–Crippen LogP) is 2.42. The number of rotatable bonds is 3. The van der Waals surface area contributed by atoms with Crippen molar-refractivity contribution in [1.82, 2.24) is 4.98 Å². The zero-order chi connectivity index (χ0) is 16.0. The molecule has 2 bridgehead atoms. The van der Waals surface area contributed by atoms with Crippen molar-refractivity contribution in [3.05, 3.63) is 23.5 Å². The summed E-state index contributed by atoms with van der Waals surface area (Å²) in [6, 6.07) is -0.519. The van der Waals surface area contributed by atoms with Crippen LogP contribution in [0.5, 0.6) is 0 Å². The van der Waals surface area contributed by atoms with Crippen LogP contribution in [0.3, 0.4) is 0 Å². The molecule has 120 valence electrons. The first-order valence-electron chi connectivity index (χ1n) is 7.09. The molecule has 1 aliphatic heterocycles. The van der Waals surface area contributed by atoms with Crippen molar-refractivity contribution in [2.75, 3.05) is 18.1 Å². The van der Waals surface area contributed by atoms with Gasteiger partial charge in [0, 0.05) is 12.6 Å². The van der Waals surface area contributed by atoms with Crippen molar-refractivity contribution in [2.24, 2.45) is 11.8 Å². The second-order valence-electron chi connectivity index (χ2n) is 5.50. The molecule has 0 radical (unpaired) electrons. The van der Waals surface area contributed by atoms with Crippen LogP contribution in [0.25, 0.3) is 0 Å². The molecule has 0 amide bonds. The quantitative estimate of drug-likeness (QED) is 0.488. The van der Waals surface area contributed by atoms with E-state index in [1.807, 2.05) is 0 Å². The van der Waals surface area contributed by atoms with Gasteiger partial charge in [0.1, 0.15) is 5.69 Å². The molecular weight excluding hydrogens is 304 g/mol. The molecule has 3 atom stereocenters. The Hall–Kier alpha value is -1.86. The van der Waals surface area contributed by atoms with Gasteiger partial charge in [-0.25, -0.2) is 0 Å². The summed E-state index contributed by atoms with van der Waals surface area (Å²) in [6.45, 7) is 2.03. The van der Waals surface area contributed by atoms with E-state index in [-0.39, 0.29) is 19.1 Å². The molecular formula is C14H14F4N2O2. The third-order valence-corrected chi connectivity index (χ3v) is 4.41. The summed E-state index contributed by atoms with van der Waals surface area (Å²) >= 11 is 0. The fourth-order valence-electron chi connectivity index (χ4n) is 3.57. The summed E-state index contributed by atoms with van der Waals surface area (Å²) in [6.07, 6.45) is 1.22. The number of pyridine rings is 1. The first kappa shape index (κ1) is 15.1. The van der Waals surface area contributed by atoms with E-state index >= 15 is 0 Å². The third-order valence-electron chi connectivity index (χ3n) is 4.41. The Morgan fingerprint density at radius 3 is 2.45 bits per heavy atom. The van der Waals surface area contributed by atoms with Crippen molar-refractivity contribution >= 4 is 11.7 Å². The van der Waals surface area contributed by atoms with Gasteiger partial charge in [0.2, 0.25) is 11.6 Å². The molecule has 0 N–H and O–H groups in total. The topological polar surface area (TPSA) is 42.4 Å². The van der Waals surface area contributed by atoms with Gasteiger partial charge < -0.3 is 9.64 Å². The number of anilines is 1. The Labute approximate surface area is 124 Å². The lowest BCUT2D eigenvalue weighted by Gasteiger charge is -2.29. The normalized spacial score (nSPS) is 26.6. The second-order valence-corrected chi connectivity index (χ2v) is 5.50. The highest BCUT2D eigenvalue weighted by Gasteiger charge is 2.52. The average Bonchev–Trinajstić information content (AvgIpc) is 3.03. The first-order valence-corrected chi connectivity index (χ1v) is 7.09. The van der Waals surface area contributed by atoms with Crippen LogP contribution in [0, 0.1) is 35.4 Å². The Morgan fingerprint density at radius 1 is 1.23 bits per heavy atom. The van der Waals surface area contributed by atoms with Crippen molar-refractivity contribution in [3.8, 4) is 0 Å². The summed E-state index contributed by atoms with van der Waals surface area (Å²) < 4.78 is 59.3. The van der Waals surface area contributed by atoms with Crippen LogP contribution in [-0.4, -0.2) is 30.1 Å². The number of aromatic nitrogens is 1. The molecule has 1 aliphatic carbocycles. The number of piperidine rings is 1. The fourth-order valence-corrected chi connectivity index (χ4v) is 3.57. The van der Waals surface area contributed by atoms with Gasteiger partial charge >= 0.3 is 5.97 Å². The standard InChI is InChI=1S/C14H14F4N2O2/c1-2-22-14(21)8-6-3-4-7(8)20(5-6)11-9(15)12(17)19-13(18)10(11)16/h6-8H,2-5H2,1H3. The van der Waals surface area contributed by atoms with Gasteiger partial charge in [-0.2, -0.15) is 22.5 Å². The van der Waals surface area contributed by atoms with Crippen molar-refractivity contribution in [2.45, 2.75) is 25.8 Å². The highest BCUT2D eigenvalue weighted by molar-refractivity contribution is 5.76. The Balaban J connectivity index is 1.97. The number of hydrogen-bond acceptors (Lipinski definition) is 4. The van der Waals surface area contributed by atoms with Crippen molar-refractivity contribution in [3.63, 3.8) is 0 Å². The lowest BCUT2D eigenvalue weighted by atomic mass is 9.99. The van der Waals surface area contributed by atoms with E-state index < -0.39 is 47.1 Å². The van der Waals surface area contributed by atoms with Crippen LogP contribution in [0.4, 0.5) is 23.2 Å². The molecule has 22 heavy (non-hydrogen) atoms. The van der Waals surface area contributed by atoms with Crippen LogP contribution in [-0.2, 0) is 9.53 Å². The summed E-state index contributed by atoms with van der Waals surface area (Å²) in [4.78, 5) is 15.8. The molecule has 1 saturated heterocycles. The van der Waals surface area contributed by atoms with Gasteiger partial charge in [-0.05, 0) is 25.7 Å². The summed E-state index contributed by atoms with van der Waals surface area (Å²) in [5.41, 5.74) is -0.786. The number of esters is 1. The number of ether oxygens (including phenoxy) is 1. The van der Waals surface area contributed by atoms with Crippen LogP contribution in [0.2, 0.25) is 0 Å². The second kappa shape index (κ2) is 5.40. The highest BCUT2D eigenvalue weighted by Crippen LogP contribution is 2.46. The summed E-state index contributed by atoms with van der Waals surface area (Å²) in [5, 5.41) is 0. The molecule has 1 aromatic heterocycles. The SMILES string of the molecule is CCOC(=O)C1C2CCC1N(c1c(F)c(F)nc(F)c1F)C2. The molecule has 0 aromatic carbocycles. The predicted molar refractivity (Wildman–Crippen MR) is 68.1 cm³/mol. The Kier molecular flexibility index (Phi) is 3.70. The van der Waals surface area contributed by atoms with E-state index in [1.54, 1.807) is 6.92 Å². The number of carbonyl (C=O) groups is 1. The van der Waals surface area contributed by atoms with Crippen LogP contribution in [0.15, 0.2) is 0 Å². The van der Waals surface area contributed by atoms with E-state index in [0.29, 0.717) is 12.8 Å². The molecule has 8 heteroatoms. The monoisotopic (exact) mass is 318 g/mol. The van der Waals surface area contributed by atoms with Crippen LogP contribution >= 0.6 is 0 Å². The minimum absolute atomic E-state index is 0.137. The van der Waals surface area contributed by atoms with E-state index in [4.69, 9.17) is 4.74 Å². The Bertz CT molecular complexity index is 599. The van der Waals surface area contributed by atoms with E-state index in [1.165, 1.54) is 4.90 Å². The highest BCUT2D eigenvalue weighted by atomic mass is 19.2. The number of fused-ring (bicyclic) bond motifs is 2. The number of carbonyl (C=O) groups excluding carboxylic acids is 1. The molecule has 1 aromatic rings. The maximum Gasteiger partial charge on any atom is 0.311 e. The zero-order valence-electron chi connectivity index (χ0n) is 11.8. The van der Waals surface area contributed by atoms with Gasteiger partial charge in [0.15, 0.2) is 0 Å². The van der Waals surface area contributed by atoms with Gasteiger partial charge in [-0.3, -0.25) is 4.79 Å². The number of hydrogen-bond donors (Lipinski definition) is 0. The van der Waals surface area contributed by atoms with Gasteiger partial charge in [-0.15, -0.1) is 0 Å².